The highest BCUT2D eigenvalue weighted by Gasteiger charge is 2.39. The summed E-state index contributed by atoms with van der Waals surface area (Å²) in [6, 6.07) is 5.10. The summed E-state index contributed by atoms with van der Waals surface area (Å²) in [4.78, 5) is 42.8. The van der Waals surface area contributed by atoms with E-state index in [9.17, 15) is 14.4 Å². The zero-order valence-electron chi connectivity index (χ0n) is 26.0. The molecule has 1 aromatic carbocycles. The zero-order chi connectivity index (χ0) is 30.1. The van der Waals surface area contributed by atoms with Crippen LogP contribution in [-0.4, -0.2) is 46.0 Å². The summed E-state index contributed by atoms with van der Waals surface area (Å²) in [6.45, 7) is 21.3. The smallest absolute Gasteiger partial charge is 0.408 e. The molecule has 0 saturated carbocycles. The highest BCUT2D eigenvalue weighted by atomic mass is 16.6. The number of rotatable bonds is 11. The van der Waals surface area contributed by atoms with Gasteiger partial charge >= 0.3 is 6.09 Å². The molecule has 0 spiro atoms. The van der Waals surface area contributed by atoms with Crippen LogP contribution in [0.1, 0.15) is 113 Å². The molecule has 1 rings (SSSR count). The molecule has 3 atom stereocenters. The van der Waals surface area contributed by atoms with E-state index in [1.54, 1.807) is 49.9 Å². The van der Waals surface area contributed by atoms with Gasteiger partial charge < -0.3 is 20.3 Å². The van der Waals surface area contributed by atoms with Crippen molar-refractivity contribution in [2.75, 3.05) is 0 Å². The third kappa shape index (κ3) is 12.1. The Balaban J connectivity index is 3.68. The number of alkyl carbamates (subject to hydrolysis) is 1. The summed E-state index contributed by atoms with van der Waals surface area (Å²) in [7, 11) is 0. The summed E-state index contributed by atoms with van der Waals surface area (Å²) in [5, 5.41) is 5.87. The lowest BCUT2D eigenvalue weighted by Gasteiger charge is -2.40. The van der Waals surface area contributed by atoms with Crippen molar-refractivity contribution in [3.8, 4) is 12.3 Å². The number of amides is 3. The fraction of sp³-hybridized carbons (Fsp3) is 0.656. The van der Waals surface area contributed by atoms with Crippen LogP contribution in [0, 0.1) is 24.2 Å². The van der Waals surface area contributed by atoms with Crippen molar-refractivity contribution in [1.82, 2.24) is 15.5 Å². The van der Waals surface area contributed by atoms with Gasteiger partial charge in [0.15, 0.2) is 0 Å². The minimum atomic E-state index is -0.916. The Labute approximate surface area is 236 Å². The number of carbonyl (C=O) groups excluding carboxylic acids is 3. The minimum absolute atomic E-state index is 0.110. The largest absolute Gasteiger partial charge is 0.444 e. The number of nitrogens with one attached hydrogen (secondary N) is 2. The van der Waals surface area contributed by atoms with Crippen LogP contribution < -0.4 is 10.6 Å². The Morgan fingerprint density at radius 3 is 1.92 bits per heavy atom. The Morgan fingerprint density at radius 2 is 1.49 bits per heavy atom. The van der Waals surface area contributed by atoms with Crippen LogP contribution in [0.2, 0.25) is 0 Å². The summed E-state index contributed by atoms with van der Waals surface area (Å²) in [5.41, 5.74) is 0.105. The SMILES string of the molecule is C#Cc1ccc(C(C(=O)NC(C)(C)C)N(C(=O)C(CC(C)C)NC(=O)OC(C)(C)C)C(C)CCC(C)C)cc1. The predicted octanol–water partition coefficient (Wildman–Crippen LogP) is 6.22. The molecule has 0 heterocycles. The Kier molecular flexibility index (Phi) is 12.6. The first-order valence-electron chi connectivity index (χ1n) is 14.0. The maximum absolute atomic E-state index is 14.4. The van der Waals surface area contributed by atoms with E-state index in [1.165, 1.54) is 0 Å². The molecule has 0 aliphatic heterocycles. The van der Waals surface area contributed by atoms with Gasteiger partial charge in [-0.15, -0.1) is 6.42 Å². The summed E-state index contributed by atoms with van der Waals surface area (Å²) < 4.78 is 5.48. The fourth-order valence-corrected chi connectivity index (χ4v) is 4.27. The van der Waals surface area contributed by atoms with Crippen LogP contribution in [0.5, 0.6) is 0 Å². The molecular weight excluding hydrogens is 490 g/mol. The molecule has 0 fully saturated rings. The first-order valence-corrected chi connectivity index (χ1v) is 14.0. The van der Waals surface area contributed by atoms with Gasteiger partial charge in [0.2, 0.25) is 11.8 Å². The van der Waals surface area contributed by atoms with E-state index in [1.807, 2.05) is 41.5 Å². The summed E-state index contributed by atoms with van der Waals surface area (Å²) >= 11 is 0. The average molecular weight is 542 g/mol. The minimum Gasteiger partial charge on any atom is -0.444 e. The molecule has 0 aliphatic rings. The van der Waals surface area contributed by atoms with Crippen LogP contribution in [0.4, 0.5) is 4.79 Å². The number of nitrogens with zero attached hydrogens (tertiary/aromatic N) is 1. The van der Waals surface area contributed by atoms with E-state index in [4.69, 9.17) is 11.2 Å². The molecule has 3 amide bonds. The van der Waals surface area contributed by atoms with Crippen molar-refractivity contribution in [3.05, 3.63) is 35.4 Å². The van der Waals surface area contributed by atoms with Gasteiger partial charge in [-0.3, -0.25) is 9.59 Å². The van der Waals surface area contributed by atoms with Crippen LogP contribution in [0.3, 0.4) is 0 Å². The second kappa shape index (κ2) is 14.4. The van der Waals surface area contributed by atoms with Crippen molar-refractivity contribution < 1.29 is 19.1 Å². The van der Waals surface area contributed by atoms with Crippen molar-refractivity contribution in [2.24, 2.45) is 11.8 Å². The number of hydrogen-bond donors (Lipinski definition) is 2. The predicted molar refractivity (Wildman–Crippen MR) is 158 cm³/mol. The highest BCUT2D eigenvalue weighted by molar-refractivity contribution is 5.92. The molecule has 3 unspecified atom stereocenters. The van der Waals surface area contributed by atoms with Gasteiger partial charge in [-0.2, -0.15) is 0 Å². The van der Waals surface area contributed by atoms with Gasteiger partial charge in [-0.05, 0) is 97.3 Å². The lowest BCUT2D eigenvalue weighted by Crippen LogP contribution is -2.57. The van der Waals surface area contributed by atoms with Crippen molar-refractivity contribution in [1.29, 1.82) is 0 Å². The van der Waals surface area contributed by atoms with Crippen molar-refractivity contribution in [2.45, 2.75) is 125 Å². The van der Waals surface area contributed by atoms with E-state index < -0.39 is 29.3 Å². The fourth-order valence-electron chi connectivity index (χ4n) is 4.27. The van der Waals surface area contributed by atoms with Crippen molar-refractivity contribution >= 4 is 17.9 Å². The molecule has 39 heavy (non-hydrogen) atoms. The molecule has 0 aromatic heterocycles. The van der Waals surface area contributed by atoms with Crippen LogP contribution >= 0.6 is 0 Å². The first kappa shape index (κ1) is 34.0. The quantitative estimate of drug-likeness (QED) is 0.326. The second-order valence-corrected chi connectivity index (χ2v) is 13.3. The molecule has 2 N–H and O–H groups in total. The number of ether oxygens (including phenoxy) is 1. The topological polar surface area (TPSA) is 87.7 Å². The molecule has 218 valence electrons. The van der Waals surface area contributed by atoms with E-state index in [2.05, 4.69) is 30.4 Å². The number of terminal acetylenes is 1. The lowest BCUT2D eigenvalue weighted by atomic mass is 9.94. The molecule has 1 aromatic rings. The third-order valence-electron chi connectivity index (χ3n) is 6.01. The molecule has 0 radical (unpaired) electrons. The van der Waals surface area contributed by atoms with Gasteiger partial charge in [0.05, 0.1) is 0 Å². The summed E-state index contributed by atoms with van der Waals surface area (Å²) in [5.74, 6) is 2.53. The molecule has 0 aliphatic carbocycles. The third-order valence-corrected chi connectivity index (χ3v) is 6.01. The van der Waals surface area contributed by atoms with Gasteiger partial charge in [0.25, 0.3) is 0 Å². The van der Waals surface area contributed by atoms with Gasteiger partial charge in [0.1, 0.15) is 17.7 Å². The van der Waals surface area contributed by atoms with Crippen LogP contribution in [0.15, 0.2) is 24.3 Å². The maximum Gasteiger partial charge on any atom is 0.408 e. The summed E-state index contributed by atoms with van der Waals surface area (Å²) in [6.07, 6.45) is 6.89. The van der Waals surface area contributed by atoms with Crippen LogP contribution in [0.25, 0.3) is 0 Å². The Morgan fingerprint density at radius 1 is 0.923 bits per heavy atom. The Hall–Kier alpha value is -3.01. The molecule has 0 saturated heterocycles. The molecule has 7 nitrogen and oxygen atoms in total. The van der Waals surface area contributed by atoms with Gasteiger partial charge in [0, 0.05) is 17.1 Å². The normalized spacial score (nSPS) is 14.3. The second-order valence-electron chi connectivity index (χ2n) is 13.3. The van der Waals surface area contributed by atoms with E-state index in [0.717, 1.165) is 6.42 Å². The number of benzene rings is 1. The first-order chi connectivity index (χ1) is 17.8. The monoisotopic (exact) mass is 541 g/mol. The Bertz CT molecular complexity index is 994. The molecule has 0 bridgehead atoms. The van der Waals surface area contributed by atoms with Crippen LogP contribution in [-0.2, 0) is 14.3 Å². The standard InChI is InChI=1S/C32H51N3O4/c1-13-24-16-18-25(19-17-24)27(28(36)34-31(7,8)9)35(23(6)15-14-21(2)3)29(37)26(20-22(4)5)33-30(38)39-32(10,11)12/h1,16-19,21-23,26-27H,14-15,20H2,2-12H3,(H,33,38)(H,34,36). The number of carbonyl (C=O) groups is 3. The maximum atomic E-state index is 14.4. The van der Waals surface area contributed by atoms with E-state index >= 15 is 0 Å². The lowest BCUT2D eigenvalue weighted by molar-refractivity contribution is -0.146. The van der Waals surface area contributed by atoms with E-state index in [-0.39, 0.29) is 23.8 Å². The number of hydrogen-bond acceptors (Lipinski definition) is 4. The van der Waals surface area contributed by atoms with Crippen molar-refractivity contribution in [3.63, 3.8) is 0 Å². The van der Waals surface area contributed by atoms with E-state index in [0.29, 0.717) is 29.9 Å². The molecular formula is C32H51N3O4. The molecule has 7 heteroatoms. The van der Waals surface area contributed by atoms with Gasteiger partial charge in [-0.1, -0.05) is 45.7 Å². The van der Waals surface area contributed by atoms with Gasteiger partial charge in [-0.25, -0.2) is 4.79 Å². The average Bonchev–Trinajstić information content (AvgIpc) is 2.77. The highest BCUT2D eigenvalue weighted by Crippen LogP contribution is 2.29. The zero-order valence-corrected chi connectivity index (χ0v) is 26.0.